The van der Waals surface area contributed by atoms with Gasteiger partial charge in [0, 0.05) is 6.54 Å². The molecule has 1 atom stereocenters. The first-order valence-corrected chi connectivity index (χ1v) is 8.09. The van der Waals surface area contributed by atoms with E-state index in [1.165, 1.54) is 12.8 Å². The largest absolute Gasteiger partial charge is 0.343 e. The minimum atomic E-state index is -0.452. The van der Waals surface area contributed by atoms with E-state index in [1.54, 1.807) is 11.0 Å². The molecule has 1 aliphatic carbocycles. The molecule has 126 valence electrons. The maximum absolute atomic E-state index is 12.4. The minimum absolute atomic E-state index is 0. The number of nitrogens with zero attached hydrogens (tertiary/aromatic N) is 1. The molecule has 1 aliphatic heterocycles. The molecule has 1 saturated carbocycles. The van der Waals surface area contributed by atoms with Crippen LogP contribution in [0.1, 0.15) is 19.3 Å². The van der Waals surface area contributed by atoms with Gasteiger partial charge in [-0.2, -0.15) is 0 Å². The van der Waals surface area contributed by atoms with E-state index in [0.717, 1.165) is 12.5 Å². The molecule has 2 fully saturated rings. The number of carbonyl (C=O) groups excluding carboxylic acids is 2. The van der Waals surface area contributed by atoms with Crippen LogP contribution in [0.15, 0.2) is 24.3 Å². The zero-order valence-electron chi connectivity index (χ0n) is 12.8. The Bertz CT molecular complexity index is 578. The molecule has 1 unspecified atom stereocenters. The molecule has 0 radical (unpaired) electrons. The molecule has 2 aliphatic rings. The van der Waals surface area contributed by atoms with Crippen LogP contribution in [-0.2, 0) is 9.59 Å². The molecule has 2 amide bonds. The summed E-state index contributed by atoms with van der Waals surface area (Å²) < 4.78 is 0. The molecule has 1 aromatic carbocycles. The molecular formula is C16H21Cl2N3O2. The quantitative estimate of drug-likeness (QED) is 0.818. The van der Waals surface area contributed by atoms with E-state index in [4.69, 9.17) is 11.6 Å². The van der Waals surface area contributed by atoms with Crippen LogP contribution in [0.5, 0.6) is 0 Å². The highest BCUT2D eigenvalue weighted by Gasteiger charge is 2.34. The number of nitrogens with one attached hydrogen (secondary N) is 2. The van der Waals surface area contributed by atoms with Crippen molar-refractivity contribution in [1.82, 2.24) is 10.6 Å². The first kappa shape index (κ1) is 18.0. The fraction of sp³-hybridized carbons (Fsp3) is 0.500. The Kier molecular flexibility index (Phi) is 6.27. The summed E-state index contributed by atoms with van der Waals surface area (Å²) in [7, 11) is 0. The van der Waals surface area contributed by atoms with Crippen LogP contribution in [-0.4, -0.2) is 37.5 Å². The number of rotatable bonds is 6. The highest BCUT2D eigenvalue weighted by Crippen LogP contribution is 2.29. The lowest BCUT2D eigenvalue weighted by Crippen LogP contribution is -2.45. The van der Waals surface area contributed by atoms with Crippen molar-refractivity contribution in [2.75, 3.05) is 24.5 Å². The first-order valence-electron chi connectivity index (χ1n) is 7.71. The van der Waals surface area contributed by atoms with Crippen LogP contribution in [0.4, 0.5) is 5.69 Å². The molecule has 1 saturated heterocycles. The van der Waals surface area contributed by atoms with Crippen molar-refractivity contribution in [3.8, 4) is 0 Å². The van der Waals surface area contributed by atoms with E-state index in [2.05, 4.69) is 10.6 Å². The van der Waals surface area contributed by atoms with Gasteiger partial charge in [-0.3, -0.25) is 9.59 Å². The monoisotopic (exact) mass is 357 g/mol. The summed E-state index contributed by atoms with van der Waals surface area (Å²) >= 11 is 6.14. The Labute approximate surface area is 147 Å². The van der Waals surface area contributed by atoms with Gasteiger partial charge in [0.25, 0.3) is 0 Å². The van der Waals surface area contributed by atoms with Gasteiger partial charge in [-0.05, 0) is 43.9 Å². The molecule has 2 N–H and O–H groups in total. The zero-order chi connectivity index (χ0) is 15.5. The number of hydrogen-bond acceptors (Lipinski definition) is 3. The number of halogens is 2. The van der Waals surface area contributed by atoms with Gasteiger partial charge in [0.15, 0.2) is 0 Å². The predicted molar refractivity (Wildman–Crippen MR) is 93.2 cm³/mol. The van der Waals surface area contributed by atoms with Crippen molar-refractivity contribution < 1.29 is 9.59 Å². The number of benzene rings is 1. The van der Waals surface area contributed by atoms with E-state index < -0.39 is 6.04 Å². The third-order valence-corrected chi connectivity index (χ3v) is 4.42. The Balaban J connectivity index is 0.00000192. The lowest BCUT2D eigenvalue weighted by atomic mass is 10.2. The Morgan fingerprint density at radius 3 is 2.70 bits per heavy atom. The van der Waals surface area contributed by atoms with Crippen molar-refractivity contribution >= 4 is 41.5 Å². The van der Waals surface area contributed by atoms with Crippen molar-refractivity contribution in [2.24, 2.45) is 5.92 Å². The third kappa shape index (κ3) is 4.59. The lowest BCUT2D eigenvalue weighted by molar-refractivity contribution is -0.125. The second-order valence-corrected chi connectivity index (χ2v) is 6.33. The fourth-order valence-electron chi connectivity index (χ4n) is 2.68. The van der Waals surface area contributed by atoms with E-state index >= 15 is 0 Å². The maximum Gasteiger partial charge on any atom is 0.249 e. The SMILES string of the molecule is Cl.O=C(CNCC1CC1)NC1CCN(c2ccccc2Cl)C1=O. The summed E-state index contributed by atoms with van der Waals surface area (Å²) in [6.45, 7) is 1.73. The normalized spacial score (nSPS) is 20.3. The van der Waals surface area contributed by atoms with Crippen molar-refractivity contribution in [2.45, 2.75) is 25.3 Å². The summed E-state index contributed by atoms with van der Waals surface area (Å²) in [5.74, 6) is 0.514. The molecule has 23 heavy (non-hydrogen) atoms. The first-order chi connectivity index (χ1) is 10.6. The van der Waals surface area contributed by atoms with E-state index in [9.17, 15) is 9.59 Å². The van der Waals surface area contributed by atoms with Gasteiger partial charge in [0.1, 0.15) is 6.04 Å². The molecule has 0 aromatic heterocycles. The molecule has 1 aromatic rings. The summed E-state index contributed by atoms with van der Waals surface area (Å²) in [4.78, 5) is 25.9. The smallest absolute Gasteiger partial charge is 0.249 e. The molecule has 3 rings (SSSR count). The summed E-state index contributed by atoms with van der Waals surface area (Å²) in [6, 6.07) is 6.81. The molecule has 1 heterocycles. The fourth-order valence-corrected chi connectivity index (χ4v) is 2.92. The van der Waals surface area contributed by atoms with Crippen molar-refractivity contribution in [3.63, 3.8) is 0 Å². The summed E-state index contributed by atoms with van der Waals surface area (Å²) in [5, 5.41) is 6.49. The van der Waals surface area contributed by atoms with Gasteiger partial charge in [-0.15, -0.1) is 12.4 Å². The van der Waals surface area contributed by atoms with Gasteiger partial charge in [-0.25, -0.2) is 0 Å². The minimum Gasteiger partial charge on any atom is -0.343 e. The Hall–Kier alpha value is -1.30. The van der Waals surface area contributed by atoms with Gasteiger partial charge >= 0.3 is 0 Å². The number of carbonyl (C=O) groups is 2. The Morgan fingerprint density at radius 1 is 1.26 bits per heavy atom. The highest BCUT2D eigenvalue weighted by molar-refractivity contribution is 6.34. The molecule has 0 spiro atoms. The number of para-hydroxylation sites is 1. The lowest BCUT2D eigenvalue weighted by Gasteiger charge is -2.18. The summed E-state index contributed by atoms with van der Waals surface area (Å²) in [6.07, 6.45) is 3.11. The van der Waals surface area contributed by atoms with Crippen LogP contribution >= 0.6 is 24.0 Å². The van der Waals surface area contributed by atoms with Crippen LogP contribution in [0.25, 0.3) is 0 Å². The van der Waals surface area contributed by atoms with Crippen molar-refractivity contribution in [3.05, 3.63) is 29.3 Å². The third-order valence-electron chi connectivity index (χ3n) is 4.10. The van der Waals surface area contributed by atoms with E-state index in [0.29, 0.717) is 23.7 Å². The van der Waals surface area contributed by atoms with Crippen LogP contribution in [0.3, 0.4) is 0 Å². The average molecular weight is 358 g/mol. The van der Waals surface area contributed by atoms with Gasteiger partial charge in [0.2, 0.25) is 11.8 Å². The van der Waals surface area contributed by atoms with Gasteiger partial charge in [0.05, 0.1) is 17.3 Å². The predicted octanol–water partition coefficient (Wildman–Crippen LogP) is 1.98. The summed E-state index contributed by atoms with van der Waals surface area (Å²) in [5.41, 5.74) is 0.706. The molecule has 5 nitrogen and oxygen atoms in total. The van der Waals surface area contributed by atoms with Crippen LogP contribution in [0.2, 0.25) is 5.02 Å². The standard InChI is InChI=1S/C16H20ClN3O2.ClH/c17-12-3-1-2-4-14(12)20-8-7-13(16(20)22)19-15(21)10-18-9-11-5-6-11;/h1-4,11,13,18H,5-10H2,(H,19,21);1H. The average Bonchev–Trinajstić information content (AvgIpc) is 3.25. The van der Waals surface area contributed by atoms with E-state index in [1.807, 2.05) is 18.2 Å². The van der Waals surface area contributed by atoms with Gasteiger partial charge < -0.3 is 15.5 Å². The topological polar surface area (TPSA) is 61.4 Å². The molecule has 0 bridgehead atoms. The number of hydrogen-bond donors (Lipinski definition) is 2. The maximum atomic E-state index is 12.4. The second kappa shape index (κ2) is 7.99. The molecule has 7 heteroatoms. The van der Waals surface area contributed by atoms with Crippen LogP contribution < -0.4 is 15.5 Å². The zero-order valence-corrected chi connectivity index (χ0v) is 14.3. The van der Waals surface area contributed by atoms with Gasteiger partial charge in [-0.1, -0.05) is 23.7 Å². The number of anilines is 1. The van der Waals surface area contributed by atoms with E-state index in [-0.39, 0.29) is 30.8 Å². The second-order valence-electron chi connectivity index (χ2n) is 5.92. The Morgan fingerprint density at radius 2 is 2.00 bits per heavy atom. The highest BCUT2D eigenvalue weighted by atomic mass is 35.5. The molecular weight excluding hydrogens is 337 g/mol. The van der Waals surface area contributed by atoms with Crippen LogP contribution in [0, 0.1) is 5.92 Å². The number of amides is 2. The van der Waals surface area contributed by atoms with Crippen molar-refractivity contribution in [1.29, 1.82) is 0 Å².